The molecular formula is C16H25NO. The van der Waals surface area contributed by atoms with E-state index in [4.69, 9.17) is 4.74 Å². The first-order chi connectivity index (χ1) is 8.82. The van der Waals surface area contributed by atoms with Gasteiger partial charge < -0.3 is 10.1 Å². The Morgan fingerprint density at radius 3 is 2.39 bits per heavy atom. The lowest BCUT2D eigenvalue weighted by molar-refractivity contribution is -0.0623. The van der Waals surface area contributed by atoms with Gasteiger partial charge in [-0.25, -0.2) is 0 Å². The zero-order chi connectivity index (χ0) is 12.8. The summed E-state index contributed by atoms with van der Waals surface area (Å²) in [4.78, 5) is 0. The van der Waals surface area contributed by atoms with Crippen LogP contribution in [0.25, 0.3) is 0 Å². The van der Waals surface area contributed by atoms with Crippen molar-refractivity contribution in [2.45, 2.75) is 51.2 Å². The van der Waals surface area contributed by atoms with E-state index < -0.39 is 0 Å². The topological polar surface area (TPSA) is 21.3 Å². The average molecular weight is 247 g/mol. The molecule has 0 amide bonds. The van der Waals surface area contributed by atoms with Gasteiger partial charge in [0.25, 0.3) is 0 Å². The van der Waals surface area contributed by atoms with Crippen molar-refractivity contribution in [3.05, 3.63) is 35.9 Å². The van der Waals surface area contributed by atoms with Gasteiger partial charge in [-0.3, -0.25) is 0 Å². The second-order valence-electron chi connectivity index (χ2n) is 5.11. The van der Waals surface area contributed by atoms with Crippen molar-refractivity contribution >= 4 is 0 Å². The number of benzene rings is 1. The number of rotatable bonds is 6. The first-order valence-electron chi connectivity index (χ1n) is 7.24. The second-order valence-corrected chi connectivity index (χ2v) is 5.11. The summed E-state index contributed by atoms with van der Waals surface area (Å²) in [6.07, 6.45) is 4.92. The van der Waals surface area contributed by atoms with Crippen LogP contribution in [0.1, 0.15) is 51.1 Å². The molecule has 1 unspecified atom stereocenters. The fraction of sp³-hybridized carbons (Fsp3) is 0.625. The molecule has 2 heteroatoms. The van der Waals surface area contributed by atoms with Crippen LogP contribution < -0.4 is 5.32 Å². The predicted octanol–water partition coefficient (Wildman–Crippen LogP) is 3.69. The zero-order valence-corrected chi connectivity index (χ0v) is 11.6. The summed E-state index contributed by atoms with van der Waals surface area (Å²) in [6.45, 7) is 6.06. The van der Waals surface area contributed by atoms with Crippen molar-refractivity contribution in [1.82, 2.24) is 5.32 Å². The molecule has 0 bridgehead atoms. The van der Waals surface area contributed by atoms with Crippen molar-refractivity contribution in [2.24, 2.45) is 0 Å². The van der Waals surface area contributed by atoms with E-state index in [0.29, 0.717) is 6.04 Å². The molecule has 0 aromatic heterocycles. The smallest absolute Gasteiger partial charge is 0.0876 e. The molecule has 1 saturated carbocycles. The van der Waals surface area contributed by atoms with Gasteiger partial charge >= 0.3 is 0 Å². The van der Waals surface area contributed by atoms with Crippen molar-refractivity contribution in [3.63, 3.8) is 0 Å². The van der Waals surface area contributed by atoms with Crippen LogP contribution in [-0.4, -0.2) is 18.8 Å². The van der Waals surface area contributed by atoms with Gasteiger partial charge in [0.15, 0.2) is 0 Å². The van der Waals surface area contributed by atoms with Gasteiger partial charge in [0.05, 0.1) is 11.6 Å². The molecule has 2 nitrogen and oxygen atoms in total. The lowest BCUT2D eigenvalue weighted by atomic mass is 9.86. The Morgan fingerprint density at radius 2 is 1.83 bits per heavy atom. The largest absolute Gasteiger partial charge is 0.373 e. The number of hydrogen-bond donors (Lipinski definition) is 1. The normalized spacial score (nSPS) is 19.9. The first-order valence-corrected chi connectivity index (χ1v) is 7.24. The molecule has 0 saturated heterocycles. The van der Waals surface area contributed by atoms with Crippen molar-refractivity contribution in [1.29, 1.82) is 0 Å². The van der Waals surface area contributed by atoms with Crippen LogP contribution in [0.5, 0.6) is 0 Å². The summed E-state index contributed by atoms with van der Waals surface area (Å²) in [7, 11) is 0. The minimum atomic E-state index is 0.00606. The summed E-state index contributed by atoms with van der Waals surface area (Å²) in [6, 6.07) is 11.1. The van der Waals surface area contributed by atoms with Crippen LogP contribution in [0.3, 0.4) is 0 Å². The molecule has 2 rings (SSSR count). The van der Waals surface area contributed by atoms with E-state index in [1.54, 1.807) is 0 Å². The van der Waals surface area contributed by atoms with E-state index >= 15 is 0 Å². The van der Waals surface area contributed by atoms with Crippen LogP contribution in [-0.2, 0) is 4.74 Å². The van der Waals surface area contributed by atoms with Crippen molar-refractivity contribution in [2.75, 3.05) is 13.2 Å². The maximum absolute atomic E-state index is 6.20. The summed E-state index contributed by atoms with van der Waals surface area (Å²) in [5, 5.41) is 3.64. The molecular weight excluding hydrogens is 222 g/mol. The van der Waals surface area contributed by atoms with Crippen molar-refractivity contribution < 1.29 is 4.74 Å². The maximum atomic E-state index is 6.20. The van der Waals surface area contributed by atoms with E-state index in [2.05, 4.69) is 49.5 Å². The SMILES string of the molecule is CCNC(c1ccccc1)C1(OCC)CCCC1. The van der Waals surface area contributed by atoms with Gasteiger partial charge in [-0.15, -0.1) is 0 Å². The van der Waals surface area contributed by atoms with Crippen LogP contribution in [0.15, 0.2) is 30.3 Å². The highest BCUT2D eigenvalue weighted by molar-refractivity contribution is 5.23. The van der Waals surface area contributed by atoms with Crippen LogP contribution in [0.4, 0.5) is 0 Å². The molecule has 0 radical (unpaired) electrons. The molecule has 0 aliphatic heterocycles. The molecule has 1 aliphatic rings. The standard InChI is InChI=1S/C16H25NO/c1-3-17-15(14-10-6-5-7-11-14)16(18-4-2)12-8-9-13-16/h5-7,10-11,15,17H,3-4,8-9,12-13H2,1-2H3. The van der Waals surface area contributed by atoms with E-state index in [1.165, 1.54) is 31.2 Å². The number of nitrogens with one attached hydrogen (secondary N) is 1. The number of ether oxygens (including phenoxy) is 1. The lowest BCUT2D eigenvalue weighted by Gasteiger charge is -2.38. The fourth-order valence-corrected chi connectivity index (χ4v) is 3.23. The van der Waals surface area contributed by atoms with Gasteiger partial charge in [0, 0.05) is 6.61 Å². The van der Waals surface area contributed by atoms with Gasteiger partial charge in [-0.2, -0.15) is 0 Å². The van der Waals surface area contributed by atoms with E-state index in [9.17, 15) is 0 Å². The van der Waals surface area contributed by atoms with Crippen molar-refractivity contribution in [3.8, 4) is 0 Å². The molecule has 1 aromatic carbocycles. The summed E-state index contributed by atoms with van der Waals surface area (Å²) in [5.74, 6) is 0. The molecule has 1 N–H and O–H groups in total. The predicted molar refractivity (Wildman–Crippen MR) is 75.7 cm³/mol. The first kappa shape index (κ1) is 13.6. The molecule has 0 spiro atoms. The number of hydrogen-bond acceptors (Lipinski definition) is 2. The number of likely N-dealkylation sites (N-methyl/N-ethyl adjacent to an activating group) is 1. The molecule has 1 aliphatic carbocycles. The quantitative estimate of drug-likeness (QED) is 0.828. The van der Waals surface area contributed by atoms with Crippen LogP contribution >= 0.6 is 0 Å². The van der Waals surface area contributed by atoms with Crippen LogP contribution in [0.2, 0.25) is 0 Å². The fourth-order valence-electron chi connectivity index (χ4n) is 3.23. The minimum Gasteiger partial charge on any atom is -0.373 e. The Morgan fingerprint density at radius 1 is 1.17 bits per heavy atom. The highest BCUT2D eigenvalue weighted by Gasteiger charge is 2.42. The van der Waals surface area contributed by atoms with Gasteiger partial charge in [0.2, 0.25) is 0 Å². The minimum absolute atomic E-state index is 0.00606. The maximum Gasteiger partial charge on any atom is 0.0876 e. The Hall–Kier alpha value is -0.860. The van der Waals surface area contributed by atoms with E-state index in [0.717, 1.165) is 13.2 Å². The third-order valence-corrected chi connectivity index (χ3v) is 3.95. The molecule has 1 fully saturated rings. The van der Waals surface area contributed by atoms with Gasteiger partial charge in [-0.1, -0.05) is 50.1 Å². The monoisotopic (exact) mass is 247 g/mol. The van der Waals surface area contributed by atoms with Crippen LogP contribution in [0, 0.1) is 0 Å². The molecule has 18 heavy (non-hydrogen) atoms. The van der Waals surface area contributed by atoms with E-state index in [1.807, 2.05) is 0 Å². The van der Waals surface area contributed by atoms with E-state index in [-0.39, 0.29) is 5.60 Å². The Labute approximate surface area is 111 Å². The Bertz CT molecular complexity index is 343. The molecule has 1 aromatic rings. The van der Waals surface area contributed by atoms with Gasteiger partial charge in [-0.05, 0) is 31.9 Å². The van der Waals surface area contributed by atoms with Gasteiger partial charge in [0.1, 0.15) is 0 Å². The Balaban J connectivity index is 2.27. The Kier molecular flexibility index (Phi) is 4.79. The third-order valence-electron chi connectivity index (χ3n) is 3.95. The highest BCUT2D eigenvalue weighted by atomic mass is 16.5. The zero-order valence-electron chi connectivity index (χ0n) is 11.6. The summed E-state index contributed by atoms with van der Waals surface area (Å²) in [5.41, 5.74) is 1.36. The highest BCUT2D eigenvalue weighted by Crippen LogP contribution is 2.42. The average Bonchev–Trinajstić information content (AvgIpc) is 2.87. The molecule has 100 valence electrons. The second kappa shape index (κ2) is 6.35. The summed E-state index contributed by atoms with van der Waals surface area (Å²) < 4.78 is 6.20. The molecule has 0 heterocycles. The molecule has 1 atom stereocenters. The third kappa shape index (κ3) is 2.76. The summed E-state index contributed by atoms with van der Waals surface area (Å²) >= 11 is 0. The lowest BCUT2D eigenvalue weighted by Crippen LogP contribution is -2.44.